The number of ether oxygens (including phenoxy) is 1. The van der Waals surface area contributed by atoms with E-state index in [-0.39, 0.29) is 4.99 Å². The zero-order chi connectivity index (χ0) is 13.8. The van der Waals surface area contributed by atoms with Crippen molar-refractivity contribution in [3.8, 4) is 5.75 Å². The fourth-order valence-corrected chi connectivity index (χ4v) is 2.13. The topological polar surface area (TPSA) is 60.2 Å². The van der Waals surface area contributed by atoms with Crippen LogP contribution in [0.3, 0.4) is 0 Å². The molecule has 2 rings (SSSR count). The van der Waals surface area contributed by atoms with Gasteiger partial charge in [0.25, 0.3) is 0 Å². The van der Waals surface area contributed by atoms with Crippen LogP contribution >= 0.6 is 28.1 Å². The number of pyridine rings is 1. The van der Waals surface area contributed by atoms with Crippen LogP contribution in [0.15, 0.2) is 41.0 Å². The Labute approximate surface area is 125 Å². The van der Waals surface area contributed by atoms with Crippen molar-refractivity contribution in [1.29, 1.82) is 0 Å². The van der Waals surface area contributed by atoms with Crippen molar-refractivity contribution in [3.05, 3.63) is 46.7 Å². The molecular formula is C13H12BrN3OS. The molecule has 1 aromatic heterocycles. The van der Waals surface area contributed by atoms with E-state index in [1.54, 1.807) is 19.4 Å². The molecule has 0 unspecified atom stereocenters. The Morgan fingerprint density at radius 1 is 1.32 bits per heavy atom. The van der Waals surface area contributed by atoms with Crippen molar-refractivity contribution in [2.45, 2.75) is 0 Å². The van der Waals surface area contributed by atoms with Gasteiger partial charge in [-0.1, -0.05) is 28.1 Å². The SMILES string of the molecule is COc1cc(Br)cc(Nc2ccc(C(N)=S)nc2)c1. The van der Waals surface area contributed by atoms with Crippen LogP contribution in [0, 0.1) is 0 Å². The van der Waals surface area contributed by atoms with Crippen molar-refractivity contribution in [2.75, 3.05) is 12.4 Å². The third-order valence-electron chi connectivity index (χ3n) is 2.41. The first kappa shape index (κ1) is 13.8. The van der Waals surface area contributed by atoms with E-state index in [9.17, 15) is 0 Å². The summed E-state index contributed by atoms with van der Waals surface area (Å²) in [6.45, 7) is 0. The van der Waals surface area contributed by atoms with E-state index in [1.165, 1.54) is 0 Å². The first-order chi connectivity index (χ1) is 9.08. The first-order valence-corrected chi connectivity index (χ1v) is 6.66. The Morgan fingerprint density at radius 2 is 2.11 bits per heavy atom. The van der Waals surface area contributed by atoms with Gasteiger partial charge in [-0.2, -0.15) is 0 Å². The largest absolute Gasteiger partial charge is 0.497 e. The molecule has 0 aliphatic rings. The quantitative estimate of drug-likeness (QED) is 0.838. The molecule has 0 saturated carbocycles. The van der Waals surface area contributed by atoms with Gasteiger partial charge in [-0.05, 0) is 24.3 Å². The highest BCUT2D eigenvalue weighted by atomic mass is 79.9. The number of anilines is 2. The van der Waals surface area contributed by atoms with Gasteiger partial charge in [0, 0.05) is 16.2 Å². The van der Waals surface area contributed by atoms with E-state index in [1.807, 2.05) is 24.3 Å². The molecule has 0 radical (unpaired) electrons. The van der Waals surface area contributed by atoms with Crippen LogP contribution in [0.25, 0.3) is 0 Å². The molecule has 1 aromatic carbocycles. The fourth-order valence-electron chi connectivity index (χ4n) is 1.53. The highest BCUT2D eigenvalue weighted by molar-refractivity contribution is 9.10. The Hall–Kier alpha value is -1.66. The summed E-state index contributed by atoms with van der Waals surface area (Å²) in [5, 5.41) is 3.23. The average molecular weight is 338 g/mol. The first-order valence-electron chi connectivity index (χ1n) is 5.46. The van der Waals surface area contributed by atoms with Gasteiger partial charge >= 0.3 is 0 Å². The lowest BCUT2D eigenvalue weighted by molar-refractivity contribution is 0.415. The Balaban J connectivity index is 2.21. The standard InChI is InChI=1S/C13H12BrN3OS/c1-18-11-5-8(14)4-10(6-11)17-9-2-3-12(13(15)19)16-7-9/h2-7,17H,1H3,(H2,15,19). The normalized spacial score (nSPS) is 10.0. The lowest BCUT2D eigenvalue weighted by atomic mass is 10.2. The fraction of sp³-hybridized carbons (Fsp3) is 0.0769. The van der Waals surface area contributed by atoms with Crippen molar-refractivity contribution < 1.29 is 4.74 Å². The molecule has 0 saturated heterocycles. The van der Waals surface area contributed by atoms with Gasteiger partial charge in [0.05, 0.1) is 24.7 Å². The van der Waals surface area contributed by atoms with E-state index in [4.69, 9.17) is 22.7 Å². The maximum atomic E-state index is 5.50. The Kier molecular flexibility index (Phi) is 4.34. The second-order valence-corrected chi connectivity index (χ2v) is 5.16. The minimum Gasteiger partial charge on any atom is -0.497 e. The number of benzene rings is 1. The number of nitrogens with zero attached hydrogens (tertiary/aromatic N) is 1. The molecule has 4 nitrogen and oxygen atoms in total. The predicted octanol–water partition coefficient (Wildman–Crippen LogP) is 3.23. The van der Waals surface area contributed by atoms with Gasteiger partial charge in [0.2, 0.25) is 0 Å². The van der Waals surface area contributed by atoms with Crippen LogP contribution in [0.4, 0.5) is 11.4 Å². The zero-order valence-electron chi connectivity index (χ0n) is 10.2. The number of halogens is 1. The summed E-state index contributed by atoms with van der Waals surface area (Å²) in [5.41, 5.74) is 7.85. The Morgan fingerprint density at radius 3 is 2.68 bits per heavy atom. The lowest BCUT2D eigenvalue weighted by Gasteiger charge is -2.09. The maximum Gasteiger partial charge on any atom is 0.122 e. The van der Waals surface area contributed by atoms with Crippen molar-refractivity contribution in [1.82, 2.24) is 4.98 Å². The van der Waals surface area contributed by atoms with E-state index in [2.05, 4.69) is 26.2 Å². The smallest absolute Gasteiger partial charge is 0.122 e. The molecule has 0 spiro atoms. The minimum atomic E-state index is 0.288. The average Bonchev–Trinajstić information content (AvgIpc) is 2.38. The molecule has 2 aromatic rings. The van der Waals surface area contributed by atoms with Gasteiger partial charge in [-0.25, -0.2) is 0 Å². The summed E-state index contributed by atoms with van der Waals surface area (Å²) in [6.07, 6.45) is 1.68. The maximum absolute atomic E-state index is 5.50. The molecule has 98 valence electrons. The van der Waals surface area contributed by atoms with Crippen LogP contribution < -0.4 is 15.8 Å². The molecule has 0 aliphatic heterocycles. The highest BCUT2D eigenvalue weighted by Gasteiger charge is 2.02. The second-order valence-electron chi connectivity index (χ2n) is 3.80. The highest BCUT2D eigenvalue weighted by Crippen LogP contribution is 2.26. The van der Waals surface area contributed by atoms with Crippen LogP contribution in [0.5, 0.6) is 5.75 Å². The summed E-state index contributed by atoms with van der Waals surface area (Å²) in [7, 11) is 1.63. The number of hydrogen-bond donors (Lipinski definition) is 2. The van der Waals surface area contributed by atoms with Crippen LogP contribution in [0.1, 0.15) is 5.69 Å². The van der Waals surface area contributed by atoms with Gasteiger partial charge < -0.3 is 15.8 Å². The van der Waals surface area contributed by atoms with Crippen molar-refractivity contribution in [3.63, 3.8) is 0 Å². The number of thiocarbonyl (C=S) groups is 1. The number of aromatic nitrogens is 1. The van der Waals surface area contributed by atoms with Gasteiger partial charge in [-0.15, -0.1) is 0 Å². The summed E-state index contributed by atoms with van der Waals surface area (Å²) in [4.78, 5) is 4.46. The molecule has 0 amide bonds. The molecule has 19 heavy (non-hydrogen) atoms. The van der Waals surface area contributed by atoms with Gasteiger partial charge in [0.15, 0.2) is 0 Å². The predicted molar refractivity (Wildman–Crippen MR) is 84.1 cm³/mol. The molecule has 0 atom stereocenters. The van der Waals surface area contributed by atoms with Gasteiger partial charge in [-0.3, -0.25) is 4.98 Å². The van der Waals surface area contributed by atoms with Gasteiger partial charge in [0.1, 0.15) is 10.7 Å². The summed E-state index contributed by atoms with van der Waals surface area (Å²) >= 11 is 8.29. The number of nitrogens with two attached hydrogens (primary N) is 1. The van der Waals surface area contributed by atoms with E-state index >= 15 is 0 Å². The third-order valence-corrected chi connectivity index (χ3v) is 3.08. The van der Waals surface area contributed by atoms with Crippen LogP contribution in [-0.4, -0.2) is 17.1 Å². The van der Waals surface area contributed by atoms with E-state index in [0.29, 0.717) is 5.69 Å². The Bertz CT molecular complexity index is 601. The number of rotatable bonds is 4. The van der Waals surface area contributed by atoms with Crippen LogP contribution in [-0.2, 0) is 0 Å². The third kappa shape index (κ3) is 3.65. The molecule has 3 N–H and O–H groups in total. The van der Waals surface area contributed by atoms with Crippen molar-refractivity contribution in [2.24, 2.45) is 5.73 Å². The molecule has 0 aliphatic carbocycles. The summed E-state index contributed by atoms with van der Waals surface area (Å²) in [5.74, 6) is 0.768. The van der Waals surface area contributed by atoms with Crippen LogP contribution in [0.2, 0.25) is 0 Å². The second kappa shape index (κ2) is 5.99. The minimum absolute atomic E-state index is 0.288. The summed E-state index contributed by atoms with van der Waals surface area (Å²) in [6, 6.07) is 9.38. The van der Waals surface area contributed by atoms with E-state index in [0.717, 1.165) is 21.6 Å². The number of nitrogens with one attached hydrogen (secondary N) is 1. The molecule has 0 fully saturated rings. The molecule has 0 bridgehead atoms. The number of hydrogen-bond acceptors (Lipinski definition) is 4. The molecule has 6 heteroatoms. The summed E-state index contributed by atoms with van der Waals surface area (Å²) < 4.78 is 6.14. The van der Waals surface area contributed by atoms with E-state index < -0.39 is 0 Å². The zero-order valence-corrected chi connectivity index (χ0v) is 12.6. The monoisotopic (exact) mass is 337 g/mol. The molecular weight excluding hydrogens is 326 g/mol. The van der Waals surface area contributed by atoms with Crippen molar-refractivity contribution >= 4 is 44.5 Å². The lowest BCUT2D eigenvalue weighted by Crippen LogP contribution is -2.11. The number of methoxy groups -OCH3 is 1. The molecule has 1 heterocycles.